The third-order valence-electron chi connectivity index (χ3n) is 3.39. The van der Waals surface area contributed by atoms with Crippen LogP contribution in [-0.4, -0.2) is 32.3 Å². The molecular weight excluding hydrogens is 330 g/mol. The molecule has 0 saturated carbocycles. The van der Waals surface area contributed by atoms with E-state index in [1.807, 2.05) is 31.2 Å². The minimum absolute atomic E-state index is 0.00442. The molecule has 0 saturated heterocycles. The van der Waals surface area contributed by atoms with Gasteiger partial charge in [-0.15, -0.1) is 0 Å². The highest BCUT2D eigenvalue weighted by Gasteiger charge is 2.21. The minimum atomic E-state index is -3.54. The van der Waals surface area contributed by atoms with Crippen LogP contribution in [0.25, 0.3) is 0 Å². The fourth-order valence-electron chi connectivity index (χ4n) is 2.24. The first-order chi connectivity index (χ1) is 11.3. The maximum atomic E-state index is 12.0. The van der Waals surface area contributed by atoms with Crippen LogP contribution in [0.2, 0.25) is 0 Å². The molecule has 0 aliphatic rings. The van der Waals surface area contributed by atoms with Crippen molar-refractivity contribution in [2.75, 3.05) is 17.1 Å². The van der Waals surface area contributed by atoms with E-state index in [9.17, 15) is 13.2 Å². The number of hydrogen-bond acceptors (Lipinski definition) is 5. The summed E-state index contributed by atoms with van der Waals surface area (Å²) in [4.78, 5) is 12.0. The molecule has 1 amide bonds. The van der Waals surface area contributed by atoms with Crippen molar-refractivity contribution in [2.24, 2.45) is 0 Å². The Hall–Kier alpha value is -2.35. The lowest BCUT2D eigenvalue weighted by molar-refractivity contribution is -0.121. The Balaban J connectivity index is 1.93. The van der Waals surface area contributed by atoms with E-state index in [-0.39, 0.29) is 24.7 Å². The largest absolute Gasteiger partial charge is 0.360 e. The van der Waals surface area contributed by atoms with Crippen molar-refractivity contribution in [3.63, 3.8) is 0 Å². The molecule has 0 atom stereocenters. The number of carbonyl (C=O) groups is 1. The molecule has 8 heteroatoms. The lowest BCUT2D eigenvalue weighted by Gasteiger charge is -2.18. The predicted molar refractivity (Wildman–Crippen MR) is 91.1 cm³/mol. The van der Waals surface area contributed by atoms with Crippen LogP contribution in [0, 0.1) is 13.8 Å². The number of carbonyl (C=O) groups excluding carboxylic acids is 1. The molecule has 0 radical (unpaired) electrons. The fraction of sp³-hybridized carbons (Fsp3) is 0.375. The lowest BCUT2D eigenvalue weighted by atomic mass is 10.1. The molecule has 7 nitrogen and oxygen atoms in total. The van der Waals surface area contributed by atoms with Gasteiger partial charge in [-0.05, 0) is 19.4 Å². The van der Waals surface area contributed by atoms with Crippen molar-refractivity contribution in [3.8, 4) is 0 Å². The van der Waals surface area contributed by atoms with Crippen LogP contribution >= 0.6 is 0 Å². The third kappa shape index (κ3) is 5.09. The molecule has 0 fully saturated rings. The molecule has 2 rings (SSSR count). The molecule has 1 N–H and O–H groups in total. The van der Waals surface area contributed by atoms with E-state index in [4.69, 9.17) is 4.52 Å². The molecule has 0 spiro atoms. The van der Waals surface area contributed by atoms with Gasteiger partial charge in [-0.3, -0.25) is 9.10 Å². The lowest BCUT2D eigenvalue weighted by Crippen LogP contribution is -2.34. The molecule has 1 aromatic heterocycles. The summed E-state index contributed by atoms with van der Waals surface area (Å²) >= 11 is 0. The molecule has 24 heavy (non-hydrogen) atoms. The molecule has 1 aromatic carbocycles. The van der Waals surface area contributed by atoms with Crippen LogP contribution < -0.4 is 9.62 Å². The Bertz CT molecular complexity index is 814. The van der Waals surface area contributed by atoms with E-state index < -0.39 is 10.0 Å². The van der Waals surface area contributed by atoms with E-state index >= 15 is 0 Å². The average molecular weight is 351 g/mol. The van der Waals surface area contributed by atoms with Crippen LogP contribution in [0.5, 0.6) is 0 Å². The third-order valence-corrected chi connectivity index (χ3v) is 4.56. The number of aromatic nitrogens is 1. The smallest absolute Gasteiger partial charge is 0.233 e. The monoisotopic (exact) mass is 351 g/mol. The zero-order chi connectivity index (χ0) is 17.7. The minimum Gasteiger partial charge on any atom is -0.360 e. The topological polar surface area (TPSA) is 92.5 Å². The summed E-state index contributed by atoms with van der Waals surface area (Å²) < 4.78 is 29.7. The highest BCUT2D eigenvalue weighted by atomic mass is 32.2. The summed E-state index contributed by atoms with van der Waals surface area (Å²) in [6.45, 7) is 4.06. The van der Waals surface area contributed by atoms with Gasteiger partial charge < -0.3 is 9.84 Å². The zero-order valence-electron chi connectivity index (χ0n) is 13.9. The zero-order valence-corrected chi connectivity index (χ0v) is 14.8. The summed E-state index contributed by atoms with van der Waals surface area (Å²) in [5, 5.41) is 6.49. The quantitative estimate of drug-likeness (QED) is 0.820. The number of nitrogens with zero attached hydrogens (tertiary/aromatic N) is 2. The number of anilines is 1. The van der Waals surface area contributed by atoms with Gasteiger partial charge in [0.15, 0.2) is 5.82 Å². The molecule has 0 aliphatic heterocycles. The van der Waals surface area contributed by atoms with Crippen molar-refractivity contribution in [3.05, 3.63) is 47.2 Å². The van der Waals surface area contributed by atoms with Crippen molar-refractivity contribution in [1.29, 1.82) is 0 Å². The van der Waals surface area contributed by atoms with Crippen LogP contribution in [0.15, 0.2) is 34.9 Å². The normalized spacial score (nSPS) is 11.3. The number of nitrogens with one attached hydrogen (secondary N) is 1. The van der Waals surface area contributed by atoms with E-state index in [0.29, 0.717) is 12.3 Å². The first kappa shape index (κ1) is 18.0. The standard InChI is InChI=1S/C16H21N3O4S/c1-12-5-4-6-14(9-12)11-17-16(20)7-8-19(24(3,21)22)15-10-13(2)23-18-15/h4-6,9-10H,7-8,11H2,1-3H3,(H,17,20). The van der Waals surface area contributed by atoms with Gasteiger partial charge in [-0.25, -0.2) is 8.42 Å². The van der Waals surface area contributed by atoms with Crippen molar-refractivity contribution < 1.29 is 17.7 Å². The van der Waals surface area contributed by atoms with Crippen molar-refractivity contribution in [2.45, 2.75) is 26.8 Å². The highest BCUT2D eigenvalue weighted by Crippen LogP contribution is 2.17. The number of hydrogen-bond donors (Lipinski definition) is 1. The van der Waals surface area contributed by atoms with Crippen molar-refractivity contribution >= 4 is 21.7 Å². The number of rotatable bonds is 7. The van der Waals surface area contributed by atoms with E-state index in [1.165, 1.54) is 6.07 Å². The van der Waals surface area contributed by atoms with E-state index in [1.54, 1.807) is 6.92 Å². The summed E-state index contributed by atoms with van der Waals surface area (Å²) in [5.74, 6) is 0.453. The fourth-order valence-corrected chi connectivity index (χ4v) is 3.08. The SMILES string of the molecule is Cc1cccc(CNC(=O)CCN(c2cc(C)on2)S(C)(=O)=O)c1. The number of benzene rings is 1. The Morgan fingerprint density at radius 3 is 2.62 bits per heavy atom. The van der Waals surface area contributed by atoms with Gasteiger partial charge in [0.25, 0.3) is 0 Å². The summed E-state index contributed by atoms with van der Waals surface area (Å²) in [6.07, 6.45) is 1.10. The maximum Gasteiger partial charge on any atom is 0.233 e. The maximum absolute atomic E-state index is 12.0. The summed E-state index contributed by atoms with van der Waals surface area (Å²) in [5.41, 5.74) is 2.11. The van der Waals surface area contributed by atoms with Crippen LogP contribution in [0.4, 0.5) is 5.82 Å². The van der Waals surface area contributed by atoms with Gasteiger partial charge in [0.05, 0.1) is 6.26 Å². The molecule has 0 bridgehead atoms. The first-order valence-electron chi connectivity index (χ1n) is 7.49. The second kappa shape index (κ2) is 7.48. The molecule has 130 valence electrons. The Kier molecular flexibility index (Phi) is 5.61. The second-order valence-corrected chi connectivity index (χ2v) is 7.55. The van der Waals surface area contributed by atoms with Crippen LogP contribution in [0.1, 0.15) is 23.3 Å². The molecule has 0 aliphatic carbocycles. The van der Waals surface area contributed by atoms with Gasteiger partial charge >= 0.3 is 0 Å². The van der Waals surface area contributed by atoms with E-state index in [0.717, 1.165) is 21.7 Å². The Morgan fingerprint density at radius 2 is 2.04 bits per heavy atom. The number of aryl methyl sites for hydroxylation is 2. The molecule has 2 aromatic rings. The summed E-state index contributed by atoms with van der Waals surface area (Å²) in [6, 6.07) is 9.34. The molecular formula is C16H21N3O4S. The van der Waals surface area contributed by atoms with Crippen LogP contribution in [-0.2, 0) is 21.4 Å². The average Bonchev–Trinajstić information content (AvgIpc) is 2.90. The Morgan fingerprint density at radius 1 is 1.29 bits per heavy atom. The highest BCUT2D eigenvalue weighted by molar-refractivity contribution is 7.92. The first-order valence-corrected chi connectivity index (χ1v) is 9.34. The molecule has 1 heterocycles. The predicted octanol–water partition coefficient (Wildman–Crippen LogP) is 1.76. The van der Waals surface area contributed by atoms with Crippen molar-refractivity contribution in [1.82, 2.24) is 10.5 Å². The number of sulfonamides is 1. The second-order valence-electron chi connectivity index (χ2n) is 5.65. The van der Waals surface area contributed by atoms with Gasteiger partial charge in [0.2, 0.25) is 15.9 Å². The van der Waals surface area contributed by atoms with Gasteiger partial charge in [-0.2, -0.15) is 0 Å². The van der Waals surface area contributed by atoms with E-state index in [2.05, 4.69) is 10.5 Å². The van der Waals surface area contributed by atoms with Gasteiger partial charge in [0, 0.05) is 25.6 Å². The van der Waals surface area contributed by atoms with Gasteiger partial charge in [-0.1, -0.05) is 35.0 Å². The number of amides is 1. The van der Waals surface area contributed by atoms with Crippen LogP contribution in [0.3, 0.4) is 0 Å². The Labute approximate surface area is 141 Å². The summed E-state index contributed by atoms with van der Waals surface area (Å²) in [7, 11) is -3.54. The van der Waals surface area contributed by atoms with Gasteiger partial charge in [0.1, 0.15) is 5.76 Å². The molecule has 0 unspecified atom stereocenters.